The third kappa shape index (κ3) is 3.90. The Labute approximate surface area is 189 Å². The van der Waals surface area contributed by atoms with Crippen molar-refractivity contribution < 1.29 is 24.5 Å². The largest absolute Gasteiger partial charge is 0.456 e. The number of rotatable bonds is 5. The molecule has 1 spiro atoms. The van der Waals surface area contributed by atoms with Gasteiger partial charge in [-0.15, -0.1) is 5.10 Å². The maximum Gasteiger partial charge on any atom is 0.333 e. The van der Waals surface area contributed by atoms with Crippen LogP contribution in [0.4, 0.5) is 0 Å². The molecule has 2 aromatic heterocycles. The van der Waals surface area contributed by atoms with Crippen molar-refractivity contribution in [2.45, 2.75) is 38.0 Å². The number of amides is 1. The van der Waals surface area contributed by atoms with Gasteiger partial charge in [0.2, 0.25) is 5.91 Å². The Bertz CT molecular complexity index is 1070. The molecule has 3 aliphatic heterocycles. The van der Waals surface area contributed by atoms with Gasteiger partial charge in [-0.05, 0) is 49.3 Å². The topological polar surface area (TPSA) is 147 Å². The molecule has 2 aromatic rings. The molecule has 1 unspecified atom stereocenters. The molecule has 0 bridgehead atoms. The van der Waals surface area contributed by atoms with Crippen LogP contribution in [0.2, 0.25) is 0 Å². The zero-order valence-corrected chi connectivity index (χ0v) is 18.2. The van der Waals surface area contributed by atoms with Crippen molar-refractivity contribution in [2.24, 2.45) is 5.41 Å². The van der Waals surface area contributed by atoms with Gasteiger partial charge in [0.15, 0.2) is 5.82 Å². The Morgan fingerprint density at radius 1 is 1.24 bits per heavy atom. The first kappa shape index (κ1) is 21.6. The minimum absolute atomic E-state index is 0.00460. The predicted molar refractivity (Wildman–Crippen MR) is 111 cm³/mol. The predicted octanol–water partition coefficient (Wildman–Crippen LogP) is -0.446. The Kier molecular flexibility index (Phi) is 5.22. The van der Waals surface area contributed by atoms with Crippen LogP contribution in [-0.2, 0) is 14.3 Å². The van der Waals surface area contributed by atoms with Gasteiger partial charge in [0, 0.05) is 30.8 Å². The summed E-state index contributed by atoms with van der Waals surface area (Å²) in [6, 6.07) is 3.52. The van der Waals surface area contributed by atoms with Crippen molar-refractivity contribution >= 4 is 11.9 Å². The second-order valence-corrected chi connectivity index (χ2v) is 9.08. The molecule has 5 rings (SSSR count). The van der Waals surface area contributed by atoms with Gasteiger partial charge >= 0.3 is 5.97 Å². The van der Waals surface area contributed by atoms with E-state index in [0.717, 1.165) is 0 Å². The lowest BCUT2D eigenvalue weighted by Crippen LogP contribution is -2.46. The molecule has 2 atom stereocenters. The van der Waals surface area contributed by atoms with E-state index in [0.29, 0.717) is 56.0 Å². The van der Waals surface area contributed by atoms with Gasteiger partial charge in [-0.1, -0.05) is 6.07 Å². The monoisotopic (exact) mass is 455 g/mol. The molecule has 174 valence electrons. The minimum atomic E-state index is -1.37. The van der Waals surface area contributed by atoms with E-state index >= 15 is 0 Å². The van der Waals surface area contributed by atoms with E-state index in [1.807, 2.05) is 0 Å². The number of piperidine rings is 1. The van der Waals surface area contributed by atoms with E-state index in [1.54, 1.807) is 25.3 Å². The molecule has 2 N–H and O–H groups in total. The standard InChI is InChI=1S/C21H25N7O5/c1-20(32)12-21(19(31)28(20)15-8-18(30)33-11-15)4-6-26(7-5-21)10-16(29)14-2-3-17(22-9-14)27-13-23-24-25-27/h2-3,8-9,13,16,29,32H,4-7,10-12H2,1H3/t16-,20?/m0/s1. The van der Waals surface area contributed by atoms with Crippen molar-refractivity contribution in [1.29, 1.82) is 0 Å². The van der Waals surface area contributed by atoms with Crippen LogP contribution in [0.1, 0.15) is 37.9 Å². The number of β-amino-alcohol motifs (C(OH)–C–C–N with tert-alkyl or cyclic N) is 1. The number of hydrogen-bond acceptors (Lipinski definition) is 10. The number of tetrazole rings is 1. The number of aromatic nitrogens is 5. The van der Waals surface area contributed by atoms with Crippen molar-refractivity contribution in [3.63, 3.8) is 0 Å². The number of carbonyl (C=O) groups excluding carboxylic acids is 2. The summed E-state index contributed by atoms with van der Waals surface area (Å²) in [5, 5.41) is 32.6. The van der Waals surface area contributed by atoms with E-state index in [9.17, 15) is 19.8 Å². The van der Waals surface area contributed by atoms with Gasteiger partial charge in [0.1, 0.15) is 18.7 Å². The highest BCUT2D eigenvalue weighted by Crippen LogP contribution is 2.50. The summed E-state index contributed by atoms with van der Waals surface area (Å²) in [6.07, 6.45) is 4.99. The third-order valence-corrected chi connectivity index (χ3v) is 6.73. The quantitative estimate of drug-likeness (QED) is 0.568. The summed E-state index contributed by atoms with van der Waals surface area (Å²) in [5.41, 5.74) is -0.976. The number of nitrogens with zero attached hydrogens (tertiary/aromatic N) is 7. The van der Waals surface area contributed by atoms with Crippen LogP contribution in [0, 0.1) is 5.41 Å². The number of cyclic esters (lactones) is 1. The van der Waals surface area contributed by atoms with Crippen LogP contribution in [0.5, 0.6) is 0 Å². The molecule has 2 saturated heterocycles. The van der Waals surface area contributed by atoms with Crippen LogP contribution < -0.4 is 0 Å². The molecular weight excluding hydrogens is 430 g/mol. The molecule has 3 aliphatic rings. The van der Waals surface area contributed by atoms with E-state index in [-0.39, 0.29) is 12.5 Å². The highest BCUT2D eigenvalue weighted by molar-refractivity contribution is 5.91. The lowest BCUT2D eigenvalue weighted by Gasteiger charge is -2.38. The van der Waals surface area contributed by atoms with Crippen LogP contribution in [-0.4, -0.2) is 89.0 Å². The summed E-state index contributed by atoms with van der Waals surface area (Å²) in [5.74, 6) is -0.116. The minimum Gasteiger partial charge on any atom is -0.456 e. The van der Waals surface area contributed by atoms with Gasteiger partial charge in [-0.2, -0.15) is 4.68 Å². The molecule has 5 heterocycles. The molecule has 2 fully saturated rings. The number of aliphatic hydroxyl groups excluding tert-OH is 1. The average Bonchev–Trinajstić information content (AvgIpc) is 3.50. The number of ether oxygens (including phenoxy) is 1. The molecular formula is C21H25N7O5. The second kappa shape index (κ2) is 7.97. The third-order valence-electron chi connectivity index (χ3n) is 6.73. The number of carbonyl (C=O) groups is 2. The van der Waals surface area contributed by atoms with Gasteiger partial charge in [0.25, 0.3) is 0 Å². The fourth-order valence-corrected chi connectivity index (χ4v) is 5.09. The number of aliphatic hydroxyl groups is 2. The first-order chi connectivity index (χ1) is 15.8. The van der Waals surface area contributed by atoms with Crippen LogP contribution in [0.25, 0.3) is 5.82 Å². The van der Waals surface area contributed by atoms with Crippen LogP contribution >= 0.6 is 0 Å². The molecule has 1 amide bonds. The summed E-state index contributed by atoms with van der Waals surface area (Å²) in [4.78, 5) is 32.5. The van der Waals surface area contributed by atoms with E-state index in [4.69, 9.17) is 4.74 Å². The highest BCUT2D eigenvalue weighted by Gasteiger charge is 2.58. The number of likely N-dealkylation sites (tertiary alicyclic amines) is 2. The fourth-order valence-electron chi connectivity index (χ4n) is 5.09. The Morgan fingerprint density at radius 3 is 2.64 bits per heavy atom. The molecule has 0 aromatic carbocycles. The first-order valence-electron chi connectivity index (χ1n) is 10.8. The van der Waals surface area contributed by atoms with Crippen LogP contribution in [0.15, 0.2) is 36.4 Å². The smallest absolute Gasteiger partial charge is 0.333 e. The zero-order valence-electron chi connectivity index (χ0n) is 18.2. The summed E-state index contributed by atoms with van der Waals surface area (Å²) in [6.45, 7) is 3.22. The molecule has 0 aliphatic carbocycles. The average molecular weight is 455 g/mol. The van der Waals surface area contributed by atoms with Gasteiger partial charge in [-0.25, -0.2) is 9.78 Å². The summed E-state index contributed by atoms with van der Waals surface area (Å²) >= 11 is 0. The normalized spacial score (nSPS) is 26.0. The van der Waals surface area contributed by atoms with E-state index in [1.165, 1.54) is 22.0 Å². The number of esters is 1. The number of pyridine rings is 1. The van der Waals surface area contributed by atoms with E-state index in [2.05, 4.69) is 25.4 Å². The molecule has 0 saturated carbocycles. The van der Waals surface area contributed by atoms with Crippen molar-refractivity contribution in [1.82, 2.24) is 35.0 Å². The zero-order chi connectivity index (χ0) is 23.2. The maximum atomic E-state index is 13.3. The molecule has 12 heteroatoms. The Hall–Kier alpha value is -3.22. The summed E-state index contributed by atoms with van der Waals surface area (Å²) in [7, 11) is 0. The van der Waals surface area contributed by atoms with Crippen molar-refractivity contribution in [3.05, 3.63) is 42.0 Å². The number of hydrogen-bond donors (Lipinski definition) is 2. The molecule has 33 heavy (non-hydrogen) atoms. The molecule has 0 radical (unpaired) electrons. The fraction of sp³-hybridized carbons (Fsp3) is 0.524. The first-order valence-corrected chi connectivity index (χ1v) is 10.8. The Morgan fingerprint density at radius 2 is 2.03 bits per heavy atom. The SMILES string of the molecule is CC1(O)CC2(CCN(C[C@H](O)c3ccc(-n4cnnn4)nc3)CC2)C(=O)N1C1=CC(=O)OC1. The van der Waals surface area contributed by atoms with Gasteiger partial charge in [0.05, 0.1) is 17.2 Å². The van der Waals surface area contributed by atoms with Crippen molar-refractivity contribution in [2.75, 3.05) is 26.2 Å². The maximum absolute atomic E-state index is 13.3. The lowest BCUT2D eigenvalue weighted by atomic mass is 9.75. The highest BCUT2D eigenvalue weighted by atomic mass is 16.5. The van der Waals surface area contributed by atoms with Crippen molar-refractivity contribution in [3.8, 4) is 5.82 Å². The summed E-state index contributed by atoms with van der Waals surface area (Å²) < 4.78 is 6.37. The second-order valence-electron chi connectivity index (χ2n) is 9.08. The Balaban J connectivity index is 1.21. The van der Waals surface area contributed by atoms with Gasteiger partial charge in [-0.3, -0.25) is 9.69 Å². The van der Waals surface area contributed by atoms with Crippen LogP contribution in [0.3, 0.4) is 0 Å². The van der Waals surface area contributed by atoms with E-state index < -0.39 is 23.2 Å². The van der Waals surface area contributed by atoms with Gasteiger partial charge < -0.3 is 19.8 Å². The molecule has 12 nitrogen and oxygen atoms in total. The lowest BCUT2D eigenvalue weighted by molar-refractivity contribution is -0.144.